The first-order valence-corrected chi connectivity index (χ1v) is 7.68. The Morgan fingerprint density at radius 3 is 2.62 bits per heavy atom. The zero-order valence-electron chi connectivity index (χ0n) is 14.4. The predicted molar refractivity (Wildman–Crippen MR) is 95.6 cm³/mol. The van der Waals surface area contributed by atoms with E-state index in [0.29, 0.717) is 17.1 Å². The summed E-state index contributed by atoms with van der Waals surface area (Å²) in [6, 6.07) is 9.73. The van der Waals surface area contributed by atoms with Crippen LogP contribution < -0.4 is 25.9 Å². The third-order valence-corrected chi connectivity index (χ3v) is 3.39. The van der Waals surface area contributed by atoms with Gasteiger partial charge in [-0.3, -0.25) is 25.2 Å². The molecule has 0 bridgehead atoms. The summed E-state index contributed by atoms with van der Waals surface area (Å²) in [5.41, 5.74) is 4.85. The van der Waals surface area contributed by atoms with Gasteiger partial charge < -0.3 is 14.0 Å². The van der Waals surface area contributed by atoms with Crippen LogP contribution >= 0.6 is 0 Å². The molecule has 2 amide bonds. The number of carbonyl (C=O) groups is 2. The highest BCUT2D eigenvalue weighted by Crippen LogP contribution is 2.25. The quantitative estimate of drug-likeness (QED) is 0.586. The molecule has 0 fully saturated rings. The molecule has 2 aromatic rings. The number of hydrogen-bond acceptors (Lipinski definition) is 5. The van der Waals surface area contributed by atoms with Crippen molar-refractivity contribution >= 4 is 17.9 Å². The molecule has 0 atom stereocenters. The lowest BCUT2D eigenvalue weighted by Gasteiger charge is -2.08. The molecule has 0 aliphatic heterocycles. The summed E-state index contributed by atoms with van der Waals surface area (Å²) in [7, 11) is 3.06. The standard InChI is InChI=1S/C18H19N3O5/c1-25-14-8-6-13(15(11-14)26-2)7-9-16(22)19-20-17(23)12-21-10-4-3-5-18(21)24/h3-11H,12H2,1-2H3,(H,19,22)(H,20,23)/b9-7+. The number of carbonyl (C=O) groups excluding carboxylic acids is 2. The molecular weight excluding hydrogens is 338 g/mol. The Bertz CT molecular complexity index is 873. The van der Waals surface area contributed by atoms with Crippen molar-refractivity contribution in [3.63, 3.8) is 0 Å². The summed E-state index contributed by atoms with van der Waals surface area (Å²) >= 11 is 0. The topological polar surface area (TPSA) is 98.7 Å². The summed E-state index contributed by atoms with van der Waals surface area (Å²) in [6.45, 7) is -0.198. The second-order valence-corrected chi connectivity index (χ2v) is 5.15. The third kappa shape index (κ3) is 5.23. The SMILES string of the molecule is COc1ccc(/C=C/C(=O)NNC(=O)Cn2ccccc2=O)c(OC)c1. The first kappa shape index (κ1) is 18.8. The van der Waals surface area contributed by atoms with Crippen molar-refractivity contribution < 1.29 is 19.1 Å². The van der Waals surface area contributed by atoms with Crippen molar-refractivity contribution in [3.8, 4) is 11.5 Å². The van der Waals surface area contributed by atoms with Crippen LogP contribution in [-0.2, 0) is 16.1 Å². The number of aromatic nitrogens is 1. The maximum atomic E-state index is 11.8. The highest BCUT2D eigenvalue weighted by molar-refractivity contribution is 5.93. The highest BCUT2D eigenvalue weighted by atomic mass is 16.5. The molecular formula is C18H19N3O5. The lowest BCUT2D eigenvalue weighted by molar-refractivity contribution is -0.127. The molecule has 0 saturated heterocycles. The van der Waals surface area contributed by atoms with E-state index in [4.69, 9.17) is 9.47 Å². The van der Waals surface area contributed by atoms with Crippen LogP contribution in [0.25, 0.3) is 6.08 Å². The summed E-state index contributed by atoms with van der Waals surface area (Å²) < 4.78 is 11.6. The molecule has 26 heavy (non-hydrogen) atoms. The number of hydrogen-bond donors (Lipinski definition) is 2. The van der Waals surface area contributed by atoms with Gasteiger partial charge in [0.2, 0.25) is 0 Å². The Morgan fingerprint density at radius 2 is 1.92 bits per heavy atom. The minimum absolute atomic E-state index is 0.198. The van der Waals surface area contributed by atoms with Gasteiger partial charge in [-0.15, -0.1) is 0 Å². The number of hydrazine groups is 1. The van der Waals surface area contributed by atoms with E-state index in [1.807, 2.05) is 0 Å². The molecule has 0 radical (unpaired) electrons. The normalized spacial score (nSPS) is 10.4. The summed E-state index contributed by atoms with van der Waals surface area (Å²) in [5, 5.41) is 0. The summed E-state index contributed by atoms with van der Waals surface area (Å²) in [5.74, 6) is 0.117. The van der Waals surface area contributed by atoms with Gasteiger partial charge in [-0.25, -0.2) is 0 Å². The Morgan fingerprint density at radius 1 is 1.12 bits per heavy atom. The molecule has 136 valence electrons. The molecule has 1 aromatic carbocycles. The van der Waals surface area contributed by atoms with Gasteiger partial charge in [0.15, 0.2) is 0 Å². The fraction of sp³-hybridized carbons (Fsp3) is 0.167. The molecule has 0 saturated carbocycles. The van der Waals surface area contributed by atoms with Gasteiger partial charge >= 0.3 is 0 Å². The van der Waals surface area contributed by atoms with E-state index < -0.39 is 11.8 Å². The first-order valence-electron chi connectivity index (χ1n) is 7.68. The largest absolute Gasteiger partial charge is 0.497 e. The predicted octanol–water partition coefficient (Wildman–Crippen LogP) is 0.726. The van der Waals surface area contributed by atoms with Gasteiger partial charge in [0.1, 0.15) is 18.0 Å². The third-order valence-electron chi connectivity index (χ3n) is 3.39. The summed E-state index contributed by atoms with van der Waals surface area (Å²) in [6.07, 6.45) is 4.28. The molecule has 0 unspecified atom stereocenters. The van der Waals surface area contributed by atoms with Crippen molar-refractivity contribution in [2.75, 3.05) is 14.2 Å². The lowest BCUT2D eigenvalue weighted by Crippen LogP contribution is -2.43. The fourth-order valence-electron chi connectivity index (χ4n) is 2.08. The van der Waals surface area contributed by atoms with Crippen molar-refractivity contribution in [1.29, 1.82) is 0 Å². The van der Waals surface area contributed by atoms with Crippen LogP contribution in [0.5, 0.6) is 11.5 Å². The molecule has 2 rings (SSSR count). The Balaban J connectivity index is 1.90. The minimum Gasteiger partial charge on any atom is -0.497 e. The number of rotatable bonds is 6. The average Bonchev–Trinajstić information content (AvgIpc) is 2.66. The number of nitrogens with zero attached hydrogens (tertiary/aromatic N) is 1. The number of nitrogens with one attached hydrogen (secondary N) is 2. The van der Waals surface area contributed by atoms with Crippen LogP contribution in [0.15, 0.2) is 53.5 Å². The smallest absolute Gasteiger partial charge is 0.262 e. The maximum Gasteiger partial charge on any atom is 0.262 e. The molecule has 2 N–H and O–H groups in total. The van der Waals surface area contributed by atoms with E-state index in [1.165, 1.54) is 30.0 Å². The van der Waals surface area contributed by atoms with Crippen molar-refractivity contribution in [3.05, 3.63) is 64.6 Å². The second kappa shape index (κ2) is 9.07. The monoisotopic (exact) mass is 357 g/mol. The summed E-state index contributed by atoms with van der Waals surface area (Å²) in [4.78, 5) is 35.1. The van der Waals surface area contributed by atoms with E-state index in [0.717, 1.165) is 0 Å². The Kier molecular flexibility index (Phi) is 6.55. The van der Waals surface area contributed by atoms with E-state index >= 15 is 0 Å². The first-order chi connectivity index (χ1) is 12.5. The van der Waals surface area contributed by atoms with Crippen LogP contribution in [0.3, 0.4) is 0 Å². The van der Waals surface area contributed by atoms with Gasteiger partial charge in [-0.05, 0) is 24.3 Å². The lowest BCUT2D eigenvalue weighted by atomic mass is 10.1. The minimum atomic E-state index is -0.531. The van der Waals surface area contributed by atoms with Crippen LogP contribution in [0.1, 0.15) is 5.56 Å². The van der Waals surface area contributed by atoms with E-state index in [1.54, 1.807) is 43.5 Å². The molecule has 8 nitrogen and oxygen atoms in total. The van der Waals surface area contributed by atoms with E-state index in [-0.39, 0.29) is 12.1 Å². The number of pyridine rings is 1. The van der Waals surface area contributed by atoms with Gasteiger partial charge in [-0.1, -0.05) is 6.07 Å². The number of ether oxygens (including phenoxy) is 2. The molecule has 8 heteroatoms. The number of amides is 2. The molecule has 0 aliphatic carbocycles. The molecule has 1 heterocycles. The maximum absolute atomic E-state index is 11.8. The van der Waals surface area contributed by atoms with E-state index in [2.05, 4.69) is 10.9 Å². The second-order valence-electron chi connectivity index (χ2n) is 5.15. The van der Waals surface area contributed by atoms with E-state index in [9.17, 15) is 14.4 Å². The van der Waals surface area contributed by atoms with Gasteiger partial charge in [-0.2, -0.15) is 0 Å². The number of methoxy groups -OCH3 is 2. The zero-order valence-corrected chi connectivity index (χ0v) is 14.4. The van der Waals surface area contributed by atoms with Gasteiger partial charge in [0.05, 0.1) is 14.2 Å². The van der Waals surface area contributed by atoms with Gasteiger partial charge in [0.25, 0.3) is 17.4 Å². The molecule has 0 spiro atoms. The molecule has 0 aliphatic rings. The average molecular weight is 357 g/mol. The van der Waals surface area contributed by atoms with Crippen LogP contribution in [0.2, 0.25) is 0 Å². The van der Waals surface area contributed by atoms with Gasteiger partial charge in [0, 0.05) is 30.0 Å². The van der Waals surface area contributed by atoms with Crippen LogP contribution in [0, 0.1) is 0 Å². The van der Waals surface area contributed by atoms with Crippen molar-refractivity contribution in [2.24, 2.45) is 0 Å². The van der Waals surface area contributed by atoms with Crippen molar-refractivity contribution in [2.45, 2.75) is 6.54 Å². The highest BCUT2D eigenvalue weighted by Gasteiger charge is 2.06. The Hall–Kier alpha value is -3.55. The molecule has 1 aromatic heterocycles. The Labute approximate surface area is 150 Å². The number of benzene rings is 1. The van der Waals surface area contributed by atoms with Crippen LogP contribution in [0.4, 0.5) is 0 Å². The van der Waals surface area contributed by atoms with Crippen LogP contribution in [-0.4, -0.2) is 30.6 Å². The fourth-order valence-corrected chi connectivity index (χ4v) is 2.08. The van der Waals surface area contributed by atoms with Crippen molar-refractivity contribution in [1.82, 2.24) is 15.4 Å². The zero-order chi connectivity index (χ0) is 18.9.